The van der Waals surface area contributed by atoms with Crippen LogP contribution in [0.1, 0.15) is 52.4 Å². The summed E-state index contributed by atoms with van der Waals surface area (Å²) >= 11 is 0. The molecule has 0 aromatic heterocycles. The molecule has 0 atom stereocenters. The Labute approximate surface area is 118 Å². The lowest BCUT2D eigenvalue weighted by atomic mass is 10.0. The van der Waals surface area contributed by atoms with Crippen LogP contribution < -0.4 is 10.6 Å². The highest BCUT2D eigenvalue weighted by atomic mass is 16.5. The highest BCUT2D eigenvalue weighted by molar-refractivity contribution is 5.79. The van der Waals surface area contributed by atoms with Gasteiger partial charge >= 0.3 is 0 Å². The van der Waals surface area contributed by atoms with Gasteiger partial charge in [0.05, 0.1) is 5.60 Å². The van der Waals surface area contributed by atoms with Crippen LogP contribution in [0.5, 0.6) is 0 Å². The topological polar surface area (TPSA) is 45.7 Å². The maximum atomic E-state index is 5.38. The Bertz CT molecular complexity index is 271. The Hall–Kier alpha value is -0.770. The number of ether oxygens (including phenoxy) is 1. The SMILES string of the molecule is CN=C(NCCCC1CCCC1)NCC(C)(C)OC. The van der Waals surface area contributed by atoms with Crippen molar-refractivity contribution in [1.29, 1.82) is 0 Å². The molecule has 0 heterocycles. The van der Waals surface area contributed by atoms with Crippen molar-refractivity contribution >= 4 is 5.96 Å². The number of nitrogens with zero attached hydrogens (tertiary/aromatic N) is 1. The quantitative estimate of drug-likeness (QED) is 0.424. The Morgan fingerprint density at radius 2 is 1.95 bits per heavy atom. The highest BCUT2D eigenvalue weighted by Crippen LogP contribution is 2.28. The maximum absolute atomic E-state index is 5.38. The lowest BCUT2D eigenvalue weighted by molar-refractivity contribution is 0.0268. The van der Waals surface area contributed by atoms with Crippen LogP contribution in [-0.4, -0.2) is 38.8 Å². The van der Waals surface area contributed by atoms with Gasteiger partial charge < -0.3 is 15.4 Å². The number of methoxy groups -OCH3 is 1. The number of guanidine groups is 1. The molecule has 0 radical (unpaired) electrons. The normalized spacial score (nSPS) is 17.8. The Morgan fingerprint density at radius 3 is 2.53 bits per heavy atom. The second kappa shape index (κ2) is 8.41. The standard InChI is InChI=1S/C15H31N3O/c1-15(2,19-4)12-18-14(16-3)17-11-7-10-13-8-5-6-9-13/h13H,5-12H2,1-4H3,(H2,16,17,18). The van der Waals surface area contributed by atoms with E-state index in [9.17, 15) is 0 Å². The zero-order valence-corrected chi connectivity index (χ0v) is 13.1. The fourth-order valence-corrected chi connectivity index (χ4v) is 2.49. The lowest BCUT2D eigenvalue weighted by Crippen LogP contribution is -2.45. The average Bonchev–Trinajstić information content (AvgIpc) is 2.91. The molecule has 0 aliphatic heterocycles. The summed E-state index contributed by atoms with van der Waals surface area (Å²) in [4.78, 5) is 4.23. The molecule has 0 aromatic carbocycles. The van der Waals surface area contributed by atoms with Gasteiger partial charge in [0, 0.05) is 27.2 Å². The second-order valence-electron chi connectivity index (χ2n) is 6.11. The van der Waals surface area contributed by atoms with Gasteiger partial charge in [0.2, 0.25) is 0 Å². The van der Waals surface area contributed by atoms with E-state index in [1.165, 1.54) is 38.5 Å². The molecule has 4 nitrogen and oxygen atoms in total. The van der Waals surface area contributed by atoms with Crippen molar-refractivity contribution in [2.45, 2.75) is 58.0 Å². The fourth-order valence-electron chi connectivity index (χ4n) is 2.49. The first-order valence-corrected chi connectivity index (χ1v) is 7.57. The van der Waals surface area contributed by atoms with E-state index >= 15 is 0 Å². The predicted octanol–water partition coefficient (Wildman–Crippen LogP) is 2.55. The smallest absolute Gasteiger partial charge is 0.191 e. The fraction of sp³-hybridized carbons (Fsp3) is 0.933. The summed E-state index contributed by atoms with van der Waals surface area (Å²) in [5.74, 6) is 1.85. The van der Waals surface area contributed by atoms with Crippen molar-refractivity contribution in [2.24, 2.45) is 10.9 Å². The molecule has 0 unspecified atom stereocenters. The number of nitrogens with one attached hydrogen (secondary N) is 2. The third kappa shape index (κ3) is 6.81. The Balaban J connectivity index is 2.11. The maximum Gasteiger partial charge on any atom is 0.191 e. The van der Waals surface area contributed by atoms with E-state index < -0.39 is 0 Å². The first-order chi connectivity index (χ1) is 9.07. The van der Waals surface area contributed by atoms with Crippen molar-refractivity contribution in [3.8, 4) is 0 Å². The van der Waals surface area contributed by atoms with Crippen LogP contribution in [0.15, 0.2) is 4.99 Å². The Kier molecular flexibility index (Phi) is 7.21. The van der Waals surface area contributed by atoms with Crippen molar-refractivity contribution in [1.82, 2.24) is 10.6 Å². The summed E-state index contributed by atoms with van der Waals surface area (Å²) in [6, 6.07) is 0. The minimum absolute atomic E-state index is 0.165. The van der Waals surface area contributed by atoms with Gasteiger partial charge in [-0.15, -0.1) is 0 Å². The molecule has 0 aromatic rings. The summed E-state index contributed by atoms with van der Waals surface area (Å²) in [6.45, 7) is 5.89. The molecule has 1 aliphatic rings. The van der Waals surface area contributed by atoms with E-state index in [4.69, 9.17) is 4.74 Å². The summed E-state index contributed by atoms with van der Waals surface area (Å²) < 4.78 is 5.38. The van der Waals surface area contributed by atoms with Crippen LogP contribution in [0.3, 0.4) is 0 Å². The van der Waals surface area contributed by atoms with E-state index in [0.717, 1.165) is 25.0 Å². The molecule has 0 saturated heterocycles. The Morgan fingerprint density at radius 1 is 1.26 bits per heavy atom. The van der Waals surface area contributed by atoms with E-state index in [0.29, 0.717) is 0 Å². The minimum atomic E-state index is -0.165. The molecule has 112 valence electrons. The first-order valence-electron chi connectivity index (χ1n) is 7.57. The summed E-state index contributed by atoms with van der Waals surface area (Å²) in [5, 5.41) is 6.68. The van der Waals surface area contributed by atoms with E-state index in [2.05, 4.69) is 29.5 Å². The zero-order chi connectivity index (χ0) is 14.1. The van der Waals surface area contributed by atoms with Gasteiger partial charge in [-0.25, -0.2) is 0 Å². The molecule has 2 N–H and O–H groups in total. The third-order valence-electron chi connectivity index (χ3n) is 4.01. The lowest BCUT2D eigenvalue weighted by Gasteiger charge is -2.24. The van der Waals surface area contributed by atoms with E-state index in [-0.39, 0.29) is 5.60 Å². The molecular weight excluding hydrogens is 238 g/mol. The number of hydrogen-bond acceptors (Lipinski definition) is 2. The van der Waals surface area contributed by atoms with Gasteiger partial charge in [-0.05, 0) is 32.6 Å². The highest BCUT2D eigenvalue weighted by Gasteiger charge is 2.17. The van der Waals surface area contributed by atoms with Crippen LogP contribution in [0.25, 0.3) is 0 Å². The number of rotatable bonds is 7. The molecule has 1 aliphatic carbocycles. The molecule has 4 heteroatoms. The number of aliphatic imine (C=N–C) groups is 1. The molecule has 1 saturated carbocycles. The summed E-state index contributed by atoms with van der Waals surface area (Å²) in [5.41, 5.74) is -0.165. The molecule has 0 amide bonds. The minimum Gasteiger partial charge on any atom is -0.377 e. The van der Waals surface area contributed by atoms with Crippen molar-refractivity contribution < 1.29 is 4.74 Å². The molecule has 19 heavy (non-hydrogen) atoms. The van der Waals surface area contributed by atoms with Gasteiger partial charge in [0.25, 0.3) is 0 Å². The van der Waals surface area contributed by atoms with Crippen LogP contribution in [0.4, 0.5) is 0 Å². The summed E-state index contributed by atoms with van der Waals surface area (Å²) in [7, 11) is 3.55. The third-order valence-corrected chi connectivity index (χ3v) is 4.01. The average molecular weight is 269 g/mol. The van der Waals surface area contributed by atoms with Crippen LogP contribution >= 0.6 is 0 Å². The molecule has 1 rings (SSSR count). The van der Waals surface area contributed by atoms with Crippen LogP contribution in [0, 0.1) is 5.92 Å². The first kappa shape index (κ1) is 16.3. The van der Waals surface area contributed by atoms with Crippen molar-refractivity contribution in [3.05, 3.63) is 0 Å². The van der Waals surface area contributed by atoms with E-state index in [1.807, 2.05) is 7.05 Å². The van der Waals surface area contributed by atoms with Gasteiger partial charge in [-0.2, -0.15) is 0 Å². The van der Waals surface area contributed by atoms with Crippen molar-refractivity contribution in [2.75, 3.05) is 27.2 Å². The predicted molar refractivity (Wildman–Crippen MR) is 81.6 cm³/mol. The molecule has 1 fully saturated rings. The van der Waals surface area contributed by atoms with E-state index in [1.54, 1.807) is 7.11 Å². The van der Waals surface area contributed by atoms with Gasteiger partial charge in [0.15, 0.2) is 5.96 Å². The van der Waals surface area contributed by atoms with Gasteiger partial charge in [0.1, 0.15) is 0 Å². The summed E-state index contributed by atoms with van der Waals surface area (Å²) in [6.07, 6.45) is 8.34. The van der Waals surface area contributed by atoms with Crippen LogP contribution in [-0.2, 0) is 4.74 Å². The van der Waals surface area contributed by atoms with Crippen molar-refractivity contribution in [3.63, 3.8) is 0 Å². The van der Waals surface area contributed by atoms with Gasteiger partial charge in [-0.1, -0.05) is 25.7 Å². The number of hydrogen-bond donors (Lipinski definition) is 2. The second-order valence-corrected chi connectivity index (χ2v) is 6.11. The molecular formula is C15H31N3O. The van der Waals surface area contributed by atoms with Gasteiger partial charge in [-0.3, -0.25) is 4.99 Å². The molecule has 0 spiro atoms. The molecule has 0 bridgehead atoms. The van der Waals surface area contributed by atoms with Crippen LogP contribution in [0.2, 0.25) is 0 Å². The largest absolute Gasteiger partial charge is 0.377 e. The monoisotopic (exact) mass is 269 g/mol. The zero-order valence-electron chi connectivity index (χ0n) is 13.1.